The molecular formula is C20H27N3O3S2. The van der Waals surface area contributed by atoms with Gasteiger partial charge in [0.25, 0.3) is 5.91 Å². The van der Waals surface area contributed by atoms with E-state index < -0.39 is 9.84 Å². The molecule has 6 nitrogen and oxygen atoms in total. The van der Waals surface area contributed by atoms with Crippen molar-refractivity contribution in [2.45, 2.75) is 56.9 Å². The van der Waals surface area contributed by atoms with Crippen LogP contribution in [0.4, 0.5) is 5.69 Å². The number of carbonyl (C=O) groups is 1. The number of carbonyl (C=O) groups excluding carboxylic acids is 1. The van der Waals surface area contributed by atoms with Crippen molar-refractivity contribution in [3.8, 4) is 0 Å². The van der Waals surface area contributed by atoms with Gasteiger partial charge in [-0.25, -0.2) is 8.42 Å². The second-order valence-corrected chi connectivity index (χ2v) is 11.6. The van der Waals surface area contributed by atoms with Crippen LogP contribution in [0.2, 0.25) is 0 Å². The van der Waals surface area contributed by atoms with Gasteiger partial charge in [0.15, 0.2) is 15.0 Å². The monoisotopic (exact) mass is 421 g/mol. The summed E-state index contributed by atoms with van der Waals surface area (Å²) in [4.78, 5) is 17.3. The van der Waals surface area contributed by atoms with Crippen molar-refractivity contribution >= 4 is 38.4 Å². The van der Waals surface area contributed by atoms with Crippen molar-refractivity contribution in [2.24, 2.45) is 10.9 Å². The van der Waals surface area contributed by atoms with Crippen LogP contribution in [0.5, 0.6) is 0 Å². The number of fused-ring (bicyclic) bond motifs is 1. The molecule has 1 amide bonds. The molecule has 4 rings (SSSR count). The largest absolute Gasteiger partial charge is 0.349 e. The van der Waals surface area contributed by atoms with E-state index in [1.165, 1.54) is 31.0 Å². The van der Waals surface area contributed by atoms with Crippen molar-refractivity contribution in [1.29, 1.82) is 0 Å². The van der Waals surface area contributed by atoms with Gasteiger partial charge in [-0.05, 0) is 43.4 Å². The second kappa shape index (κ2) is 7.71. The van der Waals surface area contributed by atoms with Crippen LogP contribution in [0.15, 0.2) is 23.2 Å². The van der Waals surface area contributed by atoms with E-state index in [9.17, 15) is 13.2 Å². The third kappa shape index (κ3) is 4.22. The summed E-state index contributed by atoms with van der Waals surface area (Å²) in [5, 5.41) is 7.26. The predicted molar refractivity (Wildman–Crippen MR) is 115 cm³/mol. The third-order valence-electron chi connectivity index (χ3n) is 5.99. The average Bonchev–Trinajstić information content (AvgIpc) is 3.11. The maximum absolute atomic E-state index is 12.7. The molecule has 1 aliphatic carbocycles. The lowest BCUT2D eigenvalue weighted by molar-refractivity contribution is 0.0910. The van der Waals surface area contributed by atoms with Crippen molar-refractivity contribution in [1.82, 2.24) is 5.32 Å². The van der Waals surface area contributed by atoms with Crippen molar-refractivity contribution in [3.05, 3.63) is 29.3 Å². The van der Waals surface area contributed by atoms with Gasteiger partial charge < -0.3 is 10.6 Å². The predicted octanol–water partition coefficient (Wildman–Crippen LogP) is 2.98. The van der Waals surface area contributed by atoms with Crippen molar-refractivity contribution in [3.63, 3.8) is 0 Å². The van der Waals surface area contributed by atoms with Gasteiger partial charge >= 0.3 is 0 Å². The van der Waals surface area contributed by atoms with E-state index in [1.807, 2.05) is 25.1 Å². The SMILES string of the molecule is Cc1ccc(C(=O)N[C@@H]2CCCC[C@@H]2C)cc1NC1=N[C@H]2CS(=O)(=O)C[C@@H]2S1. The minimum absolute atomic E-state index is 0.00655. The van der Waals surface area contributed by atoms with Gasteiger partial charge in [0.05, 0.1) is 17.5 Å². The lowest BCUT2D eigenvalue weighted by Crippen LogP contribution is -2.41. The van der Waals surface area contributed by atoms with Crippen LogP contribution in [0, 0.1) is 12.8 Å². The van der Waals surface area contributed by atoms with E-state index in [0.717, 1.165) is 22.8 Å². The van der Waals surface area contributed by atoms with Gasteiger partial charge in [-0.3, -0.25) is 9.79 Å². The van der Waals surface area contributed by atoms with Crippen LogP contribution < -0.4 is 10.6 Å². The third-order valence-corrected chi connectivity index (χ3v) is 9.13. The lowest BCUT2D eigenvalue weighted by atomic mass is 9.86. The molecule has 152 valence electrons. The summed E-state index contributed by atoms with van der Waals surface area (Å²) >= 11 is 1.49. The number of amides is 1. The number of rotatable bonds is 3. The fourth-order valence-electron chi connectivity index (χ4n) is 4.21. The number of aliphatic imine (C=N–C) groups is 1. The Morgan fingerprint density at radius 2 is 2.00 bits per heavy atom. The van der Waals surface area contributed by atoms with Crippen LogP contribution in [0.3, 0.4) is 0 Å². The molecule has 2 heterocycles. The summed E-state index contributed by atoms with van der Waals surface area (Å²) in [7, 11) is -2.96. The fraction of sp³-hybridized carbons (Fsp3) is 0.600. The minimum Gasteiger partial charge on any atom is -0.349 e. The molecule has 0 radical (unpaired) electrons. The molecule has 1 saturated carbocycles. The number of benzene rings is 1. The highest BCUT2D eigenvalue weighted by Crippen LogP contribution is 2.35. The van der Waals surface area contributed by atoms with E-state index in [4.69, 9.17) is 0 Å². The number of thioether (sulfide) groups is 1. The highest BCUT2D eigenvalue weighted by molar-refractivity contribution is 8.15. The standard InChI is InChI=1S/C20H27N3O3S2/c1-12-5-3-4-6-15(12)21-19(24)14-8-7-13(2)16(9-14)22-20-23-17-10-28(25,26)11-18(17)27-20/h7-9,12,15,17-18H,3-6,10-11H2,1-2H3,(H,21,24)(H,22,23)/t12-,15+,17-,18-/m0/s1. The highest BCUT2D eigenvalue weighted by Gasteiger charge is 2.42. The molecule has 1 aromatic rings. The summed E-state index contributed by atoms with van der Waals surface area (Å²) in [6, 6.07) is 5.75. The Morgan fingerprint density at radius 3 is 2.75 bits per heavy atom. The number of amidine groups is 1. The lowest BCUT2D eigenvalue weighted by Gasteiger charge is -2.29. The smallest absolute Gasteiger partial charge is 0.251 e. The number of nitrogens with zero attached hydrogens (tertiary/aromatic N) is 1. The Morgan fingerprint density at radius 1 is 1.21 bits per heavy atom. The zero-order valence-corrected chi connectivity index (χ0v) is 17.9. The second-order valence-electron chi connectivity index (χ2n) is 8.23. The summed E-state index contributed by atoms with van der Waals surface area (Å²) in [6.07, 6.45) is 4.63. The number of aryl methyl sites for hydroxylation is 1. The van der Waals surface area contributed by atoms with Gasteiger partial charge in [0.2, 0.25) is 0 Å². The van der Waals surface area contributed by atoms with Gasteiger partial charge in [0.1, 0.15) is 0 Å². The molecule has 0 bridgehead atoms. The van der Waals surface area contributed by atoms with E-state index in [1.54, 1.807) is 0 Å². The normalized spacial score (nSPS) is 31.1. The van der Waals surface area contributed by atoms with Crippen molar-refractivity contribution in [2.75, 3.05) is 16.8 Å². The summed E-state index contributed by atoms with van der Waals surface area (Å²) in [5.74, 6) is 0.806. The Balaban J connectivity index is 1.45. The fourth-order valence-corrected chi connectivity index (χ4v) is 7.88. The molecule has 8 heteroatoms. The molecule has 0 spiro atoms. The molecule has 1 saturated heterocycles. The first-order valence-electron chi connectivity index (χ1n) is 9.94. The Bertz CT molecular complexity index is 913. The first kappa shape index (κ1) is 19.8. The highest BCUT2D eigenvalue weighted by atomic mass is 32.2. The summed E-state index contributed by atoms with van der Waals surface area (Å²) < 4.78 is 23.4. The topological polar surface area (TPSA) is 87.6 Å². The number of sulfone groups is 1. The maximum Gasteiger partial charge on any atom is 0.251 e. The molecule has 2 fully saturated rings. The van der Waals surface area contributed by atoms with E-state index in [2.05, 4.69) is 22.5 Å². The number of nitrogens with one attached hydrogen (secondary N) is 2. The molecule has 2 aliphatic heterocycles. The Kier molecular flexibility index (Phi) is 5.44. The quantitative estimate of drug-likeness (QED) is 0.783. The molecule has 28 heavy (non-hydrogen) atoms. The van der Waals surface area contributed by atoms with Gasteiger partial charge in [0, 0.05) is 22.5 Å². The maximum atomic E-state index is 12.7. The molecular weight excluding hydrogens is 394 g/mol. The summed E-state index contributed by atoms with van der Waals surface area (Å²) in [6.45, 7) is 4.19. The Labute approximate surface area is 170 Å². The molecule has 4 atom stereocenters. The molecule has 0 aromatic heterocycles. The van der Waals surface area contributed by atoms with Crippen LogP contribution in [0.1, 0.15) is 48.5 Å². The van der Waals surface area contributed by atoms with Gasteiger partial charge in [-0.1, -0.05) is 37.6 Å². The molecule has 2 N–H and O–H groups in total. The van der Waals surface area contributed by atoms with Crippen LogP contribution in [-0.2, 0) is 9.84 Å². The van der Waals surface area contributed by atoms with E-state index >= 15 is 0 Å². The minimum atomic E-state index is -2.96. The molecule has 3 aliphatic rings. The van der Waals surface area contributed by atoms with E-state index in [0.29, 0.717) is 11.5 Å². The first-order chi connectivity index (χ1) is 13.3. The molecule has 0 unspecified atom stereocenters. The van der Waals surface area contributed by atoms with Crippen LogP contribution >= 0.6 is 11.8 Å². The average molecular weight is 422 g/mol. The number of hydrogen-bond acceptors (Lipinski definition) is 6. The summed E-state index contributed by atoms with van der Waals surface area (Å²) in [5.41, 5.74) is 2.51. The zero-order valence-electron chi connectivity index (χ0n) is 16.3. The van der Waals surface area contributed by atoms with Crippen molar-refractivity contribution < 1.29 is 13.2 Å². The van der Waals surface area contributed by atoms with Crippen LogP contribution in [-0.4, -0.2) is 48.3 Å². The first-order valence-corrected chi connectivity index (χ1v) is 12.6. The van der Waals surface area contributed by atoms with Crippen LogP contribution in [0.25, 0.3) is 0 Å². The van der Waals surface area contributed by atoms with E-state index in [-0.39, 0.29) is 34.7 Å². The molecule has 1 aromatic carbocycles. The number of hydrogen-bond donors (Lipinski definition) is 2. The van der Waals surface area contributed by atoms with Gasteiger partial charge in [-0.2, -0.15) is 0 Å². The zero-order chi connectivity index (χ0) is 19.9. The van der Waals surface area contributed by atoms with Gasteiger partial charge in [-0.15, -0.1) is 0 Å². The Hall–Kier alpha value is -1.54. The number of anilines is 1.